The number of aromatic nitrogens is 2. The van der Waals surface area contributed by atoms with Crippen LogP contribution in [-0.2, 0) is 4.79 Å². The van der Waals surface area contributed by atoms with Crippen molar-refractivity contribution in [3.05, 3.63) is 48.8 Å². The third-order valence-electron chi connectivity index (χ3n) is 3.16. The fourth-order valence-electron chi connectivity index (χ4n) is 2.21. The van der Waals surface area contributed by atoms with Crippen molar-refractivity contribution in [1.29, 1.82) is 0 Å². The van der Waals surface area contributed by atoms with E-state index in [0.29, 0.717) is 5.82 Å². The second-order valence-electron chi connectivity index (χ2n) is 4.72. The molecule has 0 unspecified atom stereocenters. The van der Waals surface area contributed by atoms with Gasteiger partial charge in [0, 0.05) is 18.0 Å². The van der Waals surface area contributed by atoms with Gasteiger partial charge in [-0.25, -0.2) is 4.98 Å². The maximum atomic E-state index is 11.1. The van der Waals surface area contributed by atoms with Gasteiger partial charge in [-0.15, -0.1) is 11.8 Å². The molecule has 1 N–H and O–H groups in total. The Kier molecular flexibility index (Phi) is 3.66. The summed E-state index contributed by atoms with van der Waals surface area (Å²) < 4.78 is 1.92. The smallest absolute Gasteiger partial charge is 0.222 e. The van der Waals surface area contributed by atoms with Crippen LogP contribution in [0.3, 0.4) is 0 Å². The number of benzene rings is 1. The number of imidazole rings is 1. The molecule has 21 heavy (non-hydrogen) atoms. The van der Waals surface area contributed by atoms with Gasteiger partial charge in [0.25, 0.3) is 0 Å². The van der Waals surface area contributed by atoms with E-state index in [9.17, 15) is 4.79 Å². The largest absolute Gasteiger partial charge is 0.310 e. The number of hydrogen-bond donors (Lipinski definition) is 1. The maximum Gasteiger partial charge on any atom is 0.222 e. The van der Waals surface area contributed by atoms with Crippen molar-refractivity contribution in [2.45, 2.75) is 11.8 Å². The maximum absolute atomic E-state index is 11.1. The number of thioether (sulfide) groups is 1. The van der Waals surface area contributed by atoms with Gasteiger partial charge in [0.2, 0.25) is 5.91 Å². The van der Waals surface area contributed by atoms with Crippen LogP contribution >= 0.6 is 11.8 Å². The molecule has 1 amide bonds. The van der Waals surface area contributed by atoms with Gasteiger partial charge in [0.15, 0.2) is 5.82 Å². The zero-order chi connectivity index (χ0) is 14.8. The minimum absolute atomic E-state index is 0.119. The highest BCUT2D eigenvalue weighted by Gasteiger charge is 2.05. The van der Waals surface area contributed by atoms with E-state index in [-0.39, 0.29) is 5.91 Å². The first-order valence-electron chi connectivity index (χ1n) is 6.56. The van der Waals surface area contributed by atoms with Gasteiger partial charge < -0.3 is 9.72 Å². The van der Waals surface area contributed by atoms with Gasteiger partial charge in [-0.3, -0.25) is 4.79 Å². The van der Waals surface area contributed by atoms with E-state index in [0.717, 1.165) is 11.2 Å². The highest BCUT2D eigenvalue weighted by Crippen LogP contribution is 2.25. The predicted molar refractivity (Wildman–Crippen MR) is 86.7 cm³/mol. The van der Waals surface area contributed by atoms with Gasteiger partial charge in [0.1, 0.15) is 5.65 Å². The lowest BCUT2D eigenvalue weighted by Crippen LogP contribution is -2.05. The topological polar surface area (TPSA) is 46.4 Å². The van der Waals surface area contributed by atoms with Crippen LogP contribution in [0.15, 0.2) is 53.7 Å². The number of fused-ring (bicyclic) bond motifs is 1. The molecule has 0 aliphatic carbocycles. The van der Waals surface area contributed by atoms with Crippen LogP contribution in [0.4, 0.5) is 5.82 Å². The summed E-state index contributed by atoms with van der Waals surface area (Å²) in [5.41, 5.74) is 3.09. The second kappa shape index (κ2) is 5.61. The molecule has 0 aliphatic heterocycles. The second-order valence-corrected chi connectivity index (χ2v) is 5.60. The van der Waals surface area contributed by atoms with E-state index in [2.05, 4.69) is 40.8 Å². The van der Waals surface area contributed by atoms with E-state index in [1.54, 1.807) is 11.8 Å². The molecule has 0 spiro atoms. The van der Waals surface area contributed by atoms with Crippen molar-refractivity contribution in [2.24, 2.45) is 0 Å². The van der Waals surface area contributed by atoms with Crippen molar-refractivity contribution < 1.29 is 4.79 Å². The number of pyridine rings is 1. The van der Waals surface area contributed by atoms with Crippen molar-refractivity contribution in [3.63, 3.8) is 0 Å². The minimum atomic E-state index is -0.119. The van der Waals surface area contributed by atoms with Crippen LogP contribution in [0.2, 0.25) is 0 Å². The summed E-state index contributed by atoms with van der Waals surface area (Å²) in [7, 11) is 0. The third kappa shape index (κ3) is 2.92. The number of anilines is 1. The zero-order valence-electron chi connectivity index (χ0n) is 11.8. The molecule has 106 valence electrons. The van der Waals surface area contributed by atoms with E-state index in [4.69, 9.17) is 0 Å². The lowest BCUT2D eigenvalue weighted by molar-refractivity contribution is -0.114. The van der Waals surface area contributed by atoms with Crippen LogP contribution in [0.25, 0.3) is 16.8 Å². The number of carbonyl (C=O) groups is 1. The number of nitrogens with zero attached hydrogens (tertiary/aromatic N) is 2. The first kappa shape index (κ1) is 13.7. The standard InChI is InChI=1S/C16H15N3OS/c1-11(20)17-15-10-19-9-13(6-7-16(19)18-15)12-4-3-5-14(8-12)21-2/h3-10H,1-2H3,(H,17,20). The monoisotopic (exact) mass is 297 g/mol. The Balaban J connectivity index is 2.01. The molecule has 0 radical (unpaired) electrons. The Morgan fingerprint density at radius 3 is 2.81 bits per heavy atom. The fourth-order valence-corrected chi connectivity index (χ4v) is 2.67. The molecule has 0 saturated carbocycles. The molecule has 0 aliphatic rings. The van der Waals surface area contributed by atoms with Gasteiger partial charge in [-0.1, -0.05) is 12.1 Å². The predicted octanol–water partition coefficient (Wildman–Crippen LogP) is 3.68. The normalized spacial score (nSPS) is 10.8. The van der Waals surface area contributed by atoms with E-state index in [1.807, 2.05) is 28.9 Å². The molecule has 4 nitrogen and oxygen atoms in total. The van der Waals surface area contributed by atoms with Crippen molar-refractivity contribution in [2.75, 3.05) is 11.6 Å². The molecular weight excluding hydrogens is 282 g/mol. The van der Waals surface area contributed by atoms with Gasteiger partial charge in [-0.2, -0.15) is 0 Å². The summed E-state index contributed by atoms with van der Waals surface area (Å²) in [6.07, 6.45) is 5.91. The number of rotatable bonds is 3. The SMILES string of the molecule is CSc1cccc(-c2ccc3nc(NC(C)=O)cn3c2)c1. The van der Waals surface area contributed by atoms with E-state index >= 15 is 0 Å². The highest BCUT2D eigenvalue weighted by molar-refractivity contribution is 7.98. The Labute approximate surface area is 127 Å². The lowest BCUT2D eigenvalue weighted by atomic mass is 10.1. The highest BCUT2D eigenvalue weighted by atomic mass is 32.2. The summed E-state index contributed by atoms with van der Waals surface area (Å²) in [6.45, 7) is 1.48. The molecule has 2 aromatic heterocycles. The van der Waals surface area contributed by atoms with Crippen molar-refractivity contribution in [1.82, 2.24) is 9.38 Å². The van der Waals surface area contributed by atoms with Crippen LogP contribution in [0, 0.1) is 0 Å². The molecule has 0 saturated heterocycles. The van der Waals surface area contributed by atoms with Gasteiger partial charge in [-0.05, 0) is 41.6 Å². The van der Waals surface area contributed by atoms with Crippen LogP contribution < -0.4 is 5.32 Å². The summed E-state index contributed by atoms with van der Waals surface area (Å²) in [6, 6.07) is 12.4. The number of nitrogens with one attached hydrogen (secondary N) is 1. The number of amides is 1. The first-order valence-corrected chi connectivity index (χ1v) is 7.79. The molecular formula is C16H15N3OS. The Hall–Kier alpha value is -2.27. The minimum Gasteiger partial charge on any atom is -0.310 e. The molecule has 0 atom stereocenters. The molecule has 2 heterocycles. The summed E-state index contributed by atoms with van der Waals surface area (Å²) in [5.74, 6) is 0.448. The average molecular weight is 297 g/mol. The fraction of sp³-hybridized carbons (Fsp3) is 0.125. The van der Waals surface area contributed by atoms with Crippen LogP contribution in [-0.4, -0.2) is 21.5 Å². The van der Waals surface area contributed by atoms with E-state index in [1.165, 1.54) is 17.4 Å². The quantitative estimate of drug-likeness (QED) is 0.750. The molecule has 0 bridgehead atoms. The Morgan fingerprint density at radius 1 is 1.19 bits per heavy atom. The van der Waals surface area contributed by atoms with Crippen molar-refractivity contribution in [3.8, 4) is 11.1 Å². The molecule has 5 heteroatoms. The zero-order valence-corrected chi connectivity index (χ0v) is 12.6. The van der Waals surface area contributed by atoms with Crippen molar-refractivity contribution >= 4 is 29.1 Å². The first-order chi connectivity index (χ1) is 10.2. The summed E-state index contributed by atoms with van der Waals surface area (Å²) in [4.78, 5) is 16.7. The van der Waals surface area contributed by atoms with Gasteiger partial charge in [0.05, 0.1) is 6.20 Å². The summed E-state index contributed by atoms with van der Waals surface area (Å²) >= 11 is 1.73. The molecule has 3 rings (SSSR count). The number of hydrogen-bond acceptors (Lipinski definition) is 3. The third-order valence-corrected chi connectivity index (χ3v) is 3.88. The summed E-state index contributed by atoms with van der Waals surface area (Å²) in [5, 5.41) is 2.70. The number of carbonyl (C=O) groups excluding carboxylic acids is 1. The lowest BCUT2D eigenvalue weighted by Gasteiger charge is -2.04. The Bertz CT molecular complexity index is 810. The molecule has 1 aromatic carbocycles. The molecule has 0 fully saturated rings. The average Bonchev–Trinajstić information content (AvgIpc) is 2.87. The Morgan fingerprint density at radius 2 is 2.05 bits per heavy atom. The van der Waals surface area contributed by atoms with Crippen LogP contribution in [0.5, 0.6) is 0 Å². The van der Waals surface area contributed by atoms with Gasteiger partial charge >= 0.3 is 0 Å². The van der Waals surface area contributed by atoms with Crippen LogP contribution in [0.1, 0.15) is 6.92 Å². The van der Waals surface area contributed by atoms with E-state index < -0.39 is 0 Å². The molecule has 3 aromatic rings.